The van der Waals surface area contributed by atoms with Crippen molar-refractivity contribution in [2.75, 3.05) is 6.54 Å². The molecule has 90 valence electrons. The first-order valence-electron chi connectivity index (χ1n) is 4.89. The van der Waals surface area contributed by atoms with Crippen LogP contribution in [0.25, 0.3) is 0 Å². The SMILES string of the molecule is C=CC(=O)N[C@H](C(=O)NC(=O)CN)C(C)C. The zero-order chi connectivity index (χ0) is 12.7. The van der Waals surface area contributed by atoms with E-state index in [1.54, 1.807) is 13.8 Å². The lowest BCUT2D eigenvalue weighted by Gasteiger charge is -2.20. The summed E-state index contributed by atoms with van der Waals surface area (Å²) in [4.78, 5) is 33.6. The van der Waals surface area contributed by atoms with Gasteiger partial charge < -0.3 is 11.1 Å². The normalized spacial score (nSPS) is 11.8. The fourth-order valence-corrected chi connectivity index (χ4v) is 1.01. The number of hydrogen-bond acceptors (Lipinski definition) is 4. The van der Waals surface area contributed by atoms with Gasteiger partial charge in [-0.3, -0.25) is 19.7 Å². The van der Waals surface area contributed by atoms with E-state index in [-0.39, 0.29) is 12.5 Å². The van der Waals surface area contributed by atoms with Crippen LogP contribution >= 0.6 is 0 Å². The minimum absolute atomic E-state index is 0.144. The molecule has 4 N–H and O–H groups in total. The Hall–Kier alpha value is -1.69. The highest BCUT2D eigenvalue weighted by molar-refractivity contribution is 6.00. The van der Waals surface area contributed by atoms with E-state index in [1.165, 1.54) is 0 Å². The van der Waals surface area contributed by atoms with Crippen LogP contribution < -0.4 is 16.4 Å². The maximum atomic E-state index is 11.6. The average Bonchev–Trinajstić information content (AvgIpc) is 2.24. The van der Waals surface area contributed by atoms with Crippen LogP contribution in [0.3, 0.4) is 0 Å². The molecule has 0 bridgehead atoms. The van der Waals surface area contributed by atoms with Crippen LogP contribution in [-0.2, 0) is 14.4 Å². The number of hydrogen-bond donors (Lipinski definition) is 3. The molecule has 6 nitrogen and oxygen atoms in total. The van der Waals surface area contributed by atoms with Crippen LogP contribution in [0, 0.1) is 5.92 Å². The molecule has 3 amide bonds. The standard InChI is InChI=1S/C10H17N3O3/c1-4-7(14)12-9(6(2)3)10(16)13-8(15)5-11/h4,6,9H,1,5,11H2,2-3H3,(H,12,14)(H,13,15,16)/t9-/m0/s1. The summed E-state index contributed by atoms with van der Waals surface area (Å²) < 4.78 is 0. The maximum Gasteiger partial charge on any atom is 0.249 e. The van der Waals surface area contributed by atoms with Crippen LogP contribution in [0.15, 0.2) is 12.7 Å². The zero-order valence-electron chi connectivity index (χ0n) is 9.45. The Morgan fingerprint density at radius 1 is 1.38 bits per heavy atom. The molecule has 0 aromatic carbocycles. The van der Waals surface area contributed by atoms with Gasteiger partial charge in [-0.25, -0.2) is 0 Å². The molecule has 16 heavy (non-hydrogen) atoms. The lowest BCUT2D eigenvalue weighted by molar-refractivity contribution is -0.133. The van der Waals surface area contributed by atoms with E-state index in [2.05, 4.69) is 17.2 Å². The van der Waals surface area contributed by atoms with Crippen LogP contribution in [0.2, 0.25) is 0 Å². The number of carbonyl (C=O) groups is 3. The number of rotatable bonds is 5. The van der Waals surface area contributed by atoms with Gasteiger partial charge in [0.25, 0.3) is 0 Å². The first kappa shape index (κ1) is 14.3. The monoisotopic (exact) mass is 227 g/mol. The van der Waals surface area contributed by atoms with Crippen LogP contribution in [0.1, 0.15) is 13.8 Å². The number of carbonyl (C=O) groups excluding carboxylic acids is 3. The van der Waals surface area contributed by atoms with Crippen LogP contribution in [0.4, 0.5) is 0 Å². The summed E-state index contributed by atoms with van der Waals surface area (Å²) in [6.45, 7) is 6.51. The van der Waals surface area contributed by atoms with E-state index in [4.69, 9.17) is 5.73 Å². The van der Waals surface area contributed by atoms with Gasteiger partial charge in [-0.15, -0.1) is 0 Å². The van der Waals surface area contributed by atoms with E-state index in [1.807, 2.05) is 0 Å². The lowest BCUT2D eigenvalue weighted by Crippen LogP contribution is -2.51. The smallest absolute Gasteiger partial charge is 0.249 e. The Morgan fingerprint density at radius 2 is 1.94 bits per heavy atom. The first-order valence-corrected chi connectivity index (χ1v) is 4.89. The molecular weight excluding hydrogens is 210 g/mol. The summed E-state index contributed by atoms with van der Waals surface area (Å²) in [7, 11) is 0. The second kappa shape index (κ2) is 6.73. The van der Waals surface area contributed by atoms with Gasteiger partial charge in [0, 0.05) is 0 Å². The summed E-state index contributed by atoms with van der Waals surface area (Å²) in [5.74, 6) is -1.76. The lowest BCUT2D eigenvalue weighted by atomic mass is 10.0. The highest BCUT2D eigenvalue weighted by Gasteiger charge is 2.24. The van der Waals surface area contributed by atoms with Gasteiger partial charge >= 0.3 is 0 Å². The molecule has 0 aromatic rings. The summed E-state index contributed by atoms with van der Waals surface area (Å²) in [5.41, 5.74) is 5.06. The maximum absolute atomic E-state index is 11.6. The predicted molar refractivity (Wildman–Crippen MR) is 59.2 cm³/mol. The molecule has 0 fully saturated rings. The van der Waals surface area contributed by atoms with Crippen molar-refractivity contribution in [3.05, 3.63) is 12.7 Å². The van der Waals surface area contributed by atoms with Gasteiger partial charge in [0.1, 0.15) is 6.04 Å². The zero-order valence-corrected chi connectivity index (χ0v) is 9.45. The highest BCUT2D eigenvalue weighted by Crippen LogP contribution is 2.01. The molecule has 0 rings (SSSR count). The van der Waals surface area contributed by atoms with Gasteiger partial charge in [0.15, 0.2) is 0 Å². The molecular formula is C10H17N3O3. The molecule has 0 aromatic heterocycles. The molecule has 0 saturated heterocycles. The van der Waals surface area contributed by atoms with Crippen molar-refractivity contribution in [2.45, 2.75) is 19.9 Å². The fourth-order valence-electron chi connectivity index (χ4n) is 1.01. The molecule has 0 radical (unpaired) electrons. The molecule has 0 aliphatic rings. The van der Waals surface area contributed by atoms with Crippen molar-refractivity contribution < 1.29 is 14.4 Å². The number of amides is 3. The minimum Gasteiger partial charge on any atom is -0.340 e. The van der Waals surface area contributed by atoms with E-state index in [9.17, 15) is 14.4 Å². The van der Waals surface area contributed by atoms with Crippen LogP contribution in [-0.4, -0.2) is 30.3 Å². The second-order valence-corrected chi connectivity index (χ2v) is 3.55. The van der Waals surface area contributed by atoms with Gasteiger partial charge in [-0.1, -0.05) is 20.4 Å². The molecule has 1 atom stereocenters. The molecule has 0 aliphatic heterocycles. The average molecular weight is 227 g/mol. The summed E-state index contributed by atoms with van der Waals surface area (Å²) in [6, 6.07) is -0.777. The topological polar surface area (TPSA) is 101 Å². The van der Waals surface area contributed by atoms with Crippen molar-refractivity contribution >= 4 is 17.7 Å². The van der Waals surface area contributed by atoms with Crippen molar-refractivity contribution in [3.63, 3.8) is 0 Å². The molecule has 6 heteroatoms. The number of nitrogens with two attached hydrogens (primary N) is 1. The Balaban J connectivity index is 4.53. The van der Waals surface area contributed by atoms with Gasteiger partial charge in [-0.2, -0.15) is 0 Å². The fraction of sp³-hybridized carbons (Fsp3) is 0.500. The molecule has 0 unspecified atom stereocenters. The van der Waals surface area contributed by atoms with Gasteiger partial charge in [-0.05, 0) is 12.0 Å². The van der Waals surface area contributed by atoms with Gasteiger partial charge in [0.05, 0.1) is 6.54 Å². The third-order valence-corrected chi connectivity index (χ3v) is 1.88. The third kappa shape index (κ3) is 4.70. The van der Waals surface area contributed by atoms with Crippen molar-refractivity contribution in [2.24, 2.45) is 11.7 Å². The quantitative estimate of drug-likeness (QED) is 0.520. The van der Waals surface area contributed by atoms with E-state index >= 15 is 0 Å². The van der Waals surface area contributed by atoms with Crippen molar-refractivity contribution in [3.8, 4) is 0 Å². The number of imide groups is 1. The molecule has 0 aliphatic carbocycles. The predicted octanol–water partition coefficient (Wildman–Crippen LogP) is -1.09. The number of nitrogens with one attached hydrogen (secondary N) is 2. The third-order valence-electron chi connectivity index (χ3n) is 1.88. The van der Waals surface area contributed by atoms with Gasteiger partial charge in [0.2, 0.25) is 17.7 Å². The molecule has 0 heterocycles. The first-order chi connectivity index (χ1) is 7.42. The summed E-state index contributed by atoms with van der Waals surface area (Å²) in [5, 5.41) is 4.52. The molecule has 0 spiro atoms. The Labute approximate surface area is 94.3 Å². The Morgan fingerprint density at radius 3 is 2.31 bits per heavy atom. The highest BCUT2D eigenvalue weighted by atomic mass is 16.2. The van der Waals surface area contributed by atoms with Crippen molar-refractivity contribution in [1.82, 2.24) is 10.6 Å². The Kier molecular flexibility index (Phi) is 6.02. The van der Waals surface area contributed by atoms with Crippen LogP contribution in [0.5, 0.6) is 0 Å². The van der Waals surface area contributed by atoms with E-state index < -0.39 is 23.8 Å². The Bertz CT molecular complexity index is 300. The second-order valence-electron chi connectivity index (χ2n) is 3.55. The van der Waals surface area contributed by atoms with Crippen molar-refractivity contribution in [1.29, 1.82) is 0 Å². The summed E-state index contributed by atoms with van der Waals surface area (Å²) >= 11 is 0. The molecule has 0 saturated carbocycles. The minimum atomic E-state index is -0.777. The van der Waals surface area contributed by atoms with E-state index in [0.717, 1.165) is 6.08 Å². The van der Waals surface area contributed by atoms with E-state index in [0.29, 0.717) is 0 Å². The summed E-state index contributed by atoms with van der Waals surface area (Å²) in [6.07, 6.45) is 1.06. The largest absolute Gasteiger partial charge is 0.340 e.